The molecule has 3 saturated heterocycles. The van der Waals surface area contributed by atoms with Crippen molar-refractivity contribution in [2.75, 3.05) is 105 Å². The Morgan fingerprint density at radius 3 is 1.00 bits per heavy atom. The highest BCUT2D eigenvalue weighted by Crippen LogP contribution is 2.04. The van der Waals surface area contributed by atoms with Gasteiger partial charge in [-0.3, -0.25) is 19.6 Å². The molecule has 3 fully saturated rings. The molecule has 6 nitrogen and oxygen atoms in total. The second-order valence-corrected chi connectivity index (χ2v) is 6.59. The van der Waals surface area contributed by atoms with E-state index in [1.807, 2.05) is 0 Å². The smallest absolute Gasteiger partial charge is 0.0594 e. The Morgan fingerprint density at radius 2 is 0.682 bits per heavy atom. The van der Waals surface area contributed by atoms with Crippen LogP contribution in [-0.2, 0) is 9.47 Å². The number of hydrogen-bond acceptors (Lipinski definition) is 6. The normalized spacial score (nSPS) is 27.3. The van der Waals surface area contributed by atoms with Crippen molar-refractivity contribution in [1.29, 1.82) is 0 Å². The zero-order valence-electron chi connectivity index (χ0n) is 13.9. The van der Waals surface area contributed by atoms with Gasteiger partial charge in [0.15, 0.2) is 0 Å². The molecule has 0 amide bonds. The van der Waals surface area contributed by atoms with Crippen LogP contribution in [0.2, 0.25) is 0 Å². The molecule has 128 valence electrons. The van der Waals surface area contributed by atoms with Crippen molar-refractivity contribution < 1.29 is 9.47 Å². The van der Waals surface area contributed by atoms with Gasteiger partial charge in [-0.2, -0.15) is 0 Å². The highest BCUT2D eigenvalue weighted by atomic mass is 16.5. The summed E-state index contributed by atoms with van der Waals surface area (Å²) in [6.45, 7) is 17.9. The summed E-state index contributed by atoms with van der Waals surface area (Å²) in [4.78, 5) is 10.3. The second kappa shape index (κ2) is 9.15. The van der Waals surface area contributed by atoms with Gasteiger partial charge >= 0.3 is 0 Å². The molecule has 22 heavy (non-hydrogen) atoms. The van der Waals surface area contributed by atoms with Crippen LogP contribution in [0.25, 0.3) is 0 Å². The topological polar surface area (TPSA) is 31.4 Å². The van der Waals surface area contributed by atoms with E-state index in [9.17, 15) is 0 Å². The molecule has 0 aromatic heterocycles. The van der Waals surface area contributed by atoms with E-state index >= 15 is 0 Å². The van der Waals surface area contributed by atoms with Gasteiger partial charge in [0.1, 0.15) is 0 Å². The number of morpholine rings is 2. The molecule has 0 unspecified atom stereocenters. The predicted molar refractivity (Wildman–Crippen MR) is 87.4 cm³/mol. The molecule has 0 aromatic rings. The van der Waals surface area contributed by atoms with E-state index in [1.165, 1.54) is 52.4 Å². The summed E-state index contributed by atoms with van der Waals surface area (Å²) < 4.78 is 10.8. The van der Waals surface area contributed by atoms with Crippen LogP contribution >= 0.6 is 0 Å². The van der Waals surface area contributed by atoms with Gasteiger partial charge in [0.05, 0.1) is 26.4 Å². The number of piperazine rings is 1. The molecule has 0 aliphatic carbocycles. The molecule has 3 aliphatic rings. The first-order chi connectivity index (χ1) is 10.9. The second-order valence-electron chi connectivity index (χ2n) is 6.59. The van der Waals surface area contributed by atoms with Crippen molar-refractivity contribution in [1.82, 2.24) is 19.6 Å². The van der Waals surface area contributed by atoms with Crippen LogP contribution in [-0.4, -0.2) is 125 Å². The lowest BCUT2D eigenvalue weighted by molar-refractivity contribution is 0.0240. The zero-order valence-corrected chi connectivity index (χ0v) is 13.9. The SMILES string of the molecule is C1CN(CCN2CCN(CCN3CCOCC3)CC2)CCO1. The van der Waals surface area contributed by atoms with Crippen LogP contribution in [0.4, 0.5) is 0 Å². The molecule has 0 aromatic carbocycles. The molecule has 0 radical (unpaired) electrons. The Morgan fingerprint density at radius 1 is 0.409 bits per heavy atom. The van der Waals surface area contributed by atoms with Crippen molar-refractivity contribution in [3.8, 4) is 0 Å². The van der Waals surface area contributed by atoms with E-state index < -0.39 is 0 Å². The van der Waals surface area contributed by atoms with E-state index in [0.717, 1.165) is 52.6 Å². The van der Waals surface area contributed by atoms with Crippen molar-refractivity contribution in [2.24, 2.45) is 0 Å². The van der Waals surface area contributed by atoms with Gasteiger partial charge < -0.3 is 9.47 Å². The molecule has 3 aliphatic heterocycles. The summed E-state index contributed by atoms with van der Waals surface area (Å²) in [5.41, 5.74) is 0. The summed E-state index contributed by atoms with van der Waals surface area (Å²) in [6, 6.07) is 0. The average molecular weight is 312 g/mol. The van der Waals surface area contributed by atoms with E-state index in [2.05, 4.69) is 19.6 Å². The van der Waals surface area contributed by atoms with Crippen molar-refractivity contribution in [3.05, 3.63) is 0 Å². The minimum absolute atomic E-state index is 0.912. The summed E-state index contributed by atoms with van der Waals surface area (Å²) in [6.07, 6.45) is 0. The Bertz CT molecular complexity index is 269. The van der Waals surface area contributed by atoms with Crippen molar-refractivity contribution in [2.45, 2.75) is 0 Å². The van der Waals surface area contributed by atoms with E-state index in [1.54, 1.807) is 0 Å². The van der Waals surface area contributed by atoms with Crippen LogP contribution in [0, 0.1) is 0 Å². The molecule has 3 heterocycles. The first-order valence-corrected chi connectivity index (χ1v) is 8.95. The van der Waals surface area contributed by atoms with Crippen LogP contribution in [0.15, 0.2) is 0 Å². The number of ether oxygens (including phenoxy) is 2. The third kappa shape index (κ3) is 5.44. The summed E-state index contributed by atoms with van der Waals surface area (Å²) in [7, 11) is 0. The molecule has 0 bridgehead atoms. The van der Waals surface area contributed by atoms with Crippen molar-refractivity contribution >= 4 is 0 Å². The maximum absolute atomic E-state index is 5.41. The third-order valence-electron chi connectivity index (χ3n) is 5.14. The van der Waals surface area contributed by atoms with Gasteiger partial charge in [-0.25, -0.2) is 0 Å². The van der Waals surface area contributed by atoms with Gasteiger partial charge in [-0.1, -0.05) is 0 Å². The number of rotatable bonds is 6. The molecule has 3 rings (SSSR count). The van der Waals surface area contributed by atoms with Crippen LogP contribution < -0.4 is 0 Å². The van der Waals surface area contributed by atoms with Gasteiger partial charge in [0, 0.05) is 78.5 Å². The largest absolute Gasteiger partial charge is 0.379 e. The quantitative estimate of drug-likeness (QED) is 0.643. The highest BCUT2D eigenvalue weighted by Gasteiger charge is 2.19. The Hall–Kier alpha value is -0.240. The van der Waals surface area contributed by atoms with E-state index in [4.69, 9.17) is 9.47 Å². The Labute approximate surface area is 134 Å². The standard InChI is InChI=1S/C16H32N4O2/c1-2-18(6-8-20-11-15-22-16-12-20)4-3-17(1)5-7-19-9-13-21-14-10-19/h1-16H2. The zero-order chi connectivity index (χ0) is 15.0. The third-order valence-corrected chi connectivity index (χ3v) is 5.14. The summed E-state index contributed by atoms with van der Waals surface area (Å²) in [5, 5.41) is 0. The van der Waals surface area contributed by atoms with Gasteiger partial charge in [0.25, 0.3) is 0 Å². The maximum atomic E-state index is 5.41. The average Bonchev–Trinajstić information content (AvgIpc) is 2.61. The molecule has 6 heteroatoms. The molecule has 0 N–H and O–H groups in total. The fraction of sp³-hybridized carbons (Fsp3) is 1.00. The monoisotopic (exact) mass is 312 g/mol. The van der Waals surface area contributed by atoms with Gasteiger partial charge in [0.2, 0.25) is 0 Å². The minimum atomic E-state index is 0.912. The predicted octanol–water partition coefficient (Wildman–Crippen LogP) is -0.732. The highest BCUT2D eigenvalue weighted by molar-refractivity contribution is 4.75. The van der Waals surface area contributed by atoms with E-state index in [0.29, 0.717) is 0 Å². The maximum Gasteiger partial charge on any atom is 0.0594 e. The van der Waals surface area contributed by atoms with Crippen LogP contribution in [0.1, 0.15) is 0 Å². The Balaban J connectivity index is 1.25. The van der Waals surface area contributed by atoms with Crippen LogP contribution in [0.5, 0.6) is 0 Å². The molecule has 0 spiro atoms. The lowest BCUT2D eigenvalue weighted by Crippen LogP contribution is -2.51. The molecular weight excluding hydrogens is 280 g/mol. The van der Waals surface area contributed by atoms with E-state index in [-0.39, 0.29) is 0 Å². The fourth-order valence-electron chi connectivity index (χ4n) is 3.45. The van der Waals surface area contributed by atoms with Crippen molar-refractivity contribution in [3.63, 3.8) is 0 Å². The summed E-state index contributed by atoms with van der Waals surface area (Å²) in [5.74, 6) is 0. The lowest BCUT2D eigenvalue weighted by Gasteiger charge is -2.37. The summed E-state index contributed by atoms with van der Waals surface area (Å²) >= 11 is 0. The first kappa shape index (κ1) is 16.6. The first-order valence-electron chi connectivity index (χ1n) is 8.95. The lowest BCUT2D eigenvalue weighted by atomic mass is 10.3. The molecule has 0 saturated carbocycles. The number of hydrogen-bond donors (Lipinski definition) is 0. The molecular formula is C16H32N4O2. The molecule has 0 atom stereocenters. The van der Waals surface area contributed by atoms with Gasteiger partial charge in [-0.05, 0) is 0 Å². The minimum Gasteiger partial charge on any atom is -0.379 e. The number of nitrogens with zero attached hydrogens (tertiary/aromatic N) is 4. The Kier molecular flexibility index (Phi) is 6.91. The van der Waals surface area contributed by atoms with Gasteiger partial charge in [-0.15, -0.1) is 0 Å². The van der Waals surface area contributed by atoms with Crippen LogP contribution in [0.3, 0.4) is 0 Å². The fourth-order valence-corrected chi connectivity index (χ4v) is 3.45.